The number of aromatic nitrogens is 4. The molecule has 7 heteroatoms. The minimum absolute atomic E-state index is 0.231. The summed E-state index contributed by atoms with van der Waals surface area (Å²) in [5.41, 5.74) is 1.64. The highest BCUT2D eigenvalue weighted by molar-refractivity contribution is 5.89. The van der Waals surface area contributed by atoms with Crippen LogP contribution in [-0.4, -0.2) is 25.8 Å². The van der Waals surface area contributed by atoms with E-state index in [-0.39, 0.29) is 12.1 Å². The molecule has 0 radical (unpaired) electrons. The van der Waals surface area contributed by atoms with E-state index in [1.54, 1.807) is 24.1 Å². The van der Waals surface area contributed by atoms with Gasteiger partial charge in [-0.15, -0.1) is 0 Å². The molecule has 2 N–H and O–H groups in total. The molecule has 0 unspecified atom stereocenters. The molecule has 2 amide bonds. The summed E-state index contributed by atoms with van der Waals surface area (Å²) < 4.78 is 1.62. The average Bonchev–Trinajstić information content (AvgIpc) is 2.75. The lowest BCUT2D eigenvalue weighted by molar-refractivity contribution is 0.248. The highest BCUT2D eigenvalue weighted by Gasteiger charge is 2.13. The Bertz CT molecular complexity index is 579. The SMILES string of the molecule is Cc1cncc(NC(=O)N[C@@H](C)c2ncnn2C)c1. The van der Waals surface area contributed by atoms with Crippen molar-refractivity contribution in [1.82, 2.24) is 25.1 Å². The summed E-state index contributed by atoms with van der Waals surface area (Å²) in [6.45, 7) is 3.76. The Kier molecular flexibility index (Phi) is 3.74. The zero-order valence-corrected chi connectivity index (χ0v) is 11.1. The fourth-order valence-corrected chi connectivity index (χ4v) is 1.75. The number of pyridine rings is 1. The summed E-state index contributed by atoms with van der Waals surface area (Å²) in [6, 6.07) is 1.31. The molecule has 19 heavy (non-hydrogen) atoms. The first-order valence-corrected chi connectivity index (χ1v) is 5.89. The summed E-state index contributed by atoms with van der Waals surface area (Å²) in [4.78, 5) is 19.9. The number of nitrogens with zero attached hydrogens (tertiary/aromatic N) is 4. The lowest BCUT2D eigenvalue weighted by Crippen LogP contribution is -2.32. The third kappa shape index (κ3) is 3.27. The van der Waals surface area contributed by atoms with Gasteiger partial charge in [0.25, 0.3) is 0 Å². The molecule has 2 rings (SSSR count). The highest BCUT2D eigenvalue weighted by Crippen LogP contribution is 2.09. The molecule has 0 aliphatic rings. The molecule has 2 aromatic rings. The van der Waals surface area contributed by atoms with E-state index in [9.17, 15) is 4.79 Å². The van der Waals surface area contributed by atoms with Crippen LogP contribution in [0.15, 0.2) is 24.8 Å². The number of aryl methyl sites for hydroxylation is 2. The Labute approximate surface area is 111 Å². The van der Waals surface area contributed by atoms with Gasteiger partial charge in [0.15, 0.2) is 0 Å². The molecule has 2 aromatic heterocycles. The van der Waals surface area contributed by atoms with E-state index in [0.29, 0.717) is 11.5 Å². The van der Waals surface area contributed by atoms with Crippen molar-refractivity contribution in [2.75, 3.05) is 5.32 Å². The maximum Gasteiger partial charge on any atom is 0.319 e. The van der Waals surface area contributed by atoms with Crippen LogP contribution in [0.5, 0.6) is 0 Å². The molecular weight excluding hydrogens is 244 g/mol. The summed E-state index contributed by atoms with van der Waals surface area (Å²) in [6.07, 6.45) is 4.78. The van der Waals surface area contributed by atoms with Gasteiger partial charge in [-0.25, -0.2) is 9.78 Å². The molecular formula is C12H16N6O. The Morgan fingerprint density at radius 1 is 1.42 bits per heavy atom. The average molecular weight is 260 g/mol. The first kappa shape index (κ1) is 13.0. The lowest BCUT2D eigenvalue weighted by Gasteiger charge is -2.13. The van der Waals surface area contributed by atoms with Crippen LogP contribution in [0.4, 0.5) is 10.5 Å². The van der Waals surface area contributed by atoms with E-state index in [4.69, 9.17) is 0 Å². The number of hydrogen-bond donors (Lipinski definition) is 2. The number of urea groups is 1. The predicted molar refractivity (Wildman–Crippen MR) is 70.5 cm³/mol. The number of anilines is 1. The van der Waals surface area contributed by atoms with Crippen LogP contribution in [0, 0.1) is 6.92 Å². The van der Waals surface area contributed by atoms with Crippen LogP contribution in [0.1, 0.15) is 24.4 Å². The van der Waals surface area contributed by atoms with E-state index in [2.05, 4.69) is 25.7 Å². The Morgan fingerprint density at radius 2 is 2.21 bits per heavy atom. The van der Waals surface area contributed by atoms with Crippen LogP contribution < -0.4 is 10.6 Å². The molecule has 0 spiro atoms. The second-order valence-corrected chi connectivity index (χ2v) is 4.31. The molecule has 0 bridgehead atoms. The molecule has 0 fully saturated rings. The molecule has 0 aliphatic heterocycles. The largest absolute Gasteiger partial charge is 0.328 e. The van der Waals surface area contributed by atoms with Gasteiger partial charge in [0.1, 0.15) is 12.2 Å². The number of rotatable bonds is 3. The van der Waals surface area contributed by atoms with Gasteiger partial charge in [-0.05, 0) is 25.5 Å². The first-order chi connectivity index (χ1) is 9.06. The van der Waals surface area contributed by atoms with Crippen molar-refractivity contribution in [1.29, 1.82) is 0 Å². The minimum atomic E-state index is -0.303. The van der Waals surface area contributed by atoms with Gasteiger partial charge in [0.2, 0.25) is 0 Å². The highest BCUT2D eigenvalue weighted by atomic mass is 16.2. The van der Waals surface area contributed by atoms with Crippen LogP contribution >= 0.6 is 0 Å². The summed E-state index contributed by atoms with van der Waals surface area (Å²) in [5, 5.41) is 9.48. The first-order valence-electron chi connectivity index (χ1n) is 5.89. The number of nitrogens with one attached hydrogen (secondary N) is 2. The Hall–Kier alpha value is -2.44. The van der Waals surface area contributed by atoms with Gasteiger partial charge in [0.05, 0.1) is 17.9 Å². The Balaban J connectivity index is 1.96. The van der Waals surface area contributed by atoms with E-state index < -0.39 is 0 Å². The van der Waals surface area contributed by atoms with Crippen LogP contribution in [0.3, 0.4) is 0 Å². The van der Waals surface area contributed by atoms with E-state index >= 15 is 0 Å². The van der Waals surface area contributed by atoms with E-state index in [1.807, 2.05) is 19.9 Å². The van der Waals surface area contributed by atoms with Gasteiger partial charge in [-0.2, -0.15) is 5.10 Å². The zero-order chi connectivity index (χ0) is 13.8. The zero-order valence-electron chi connectivity index (χ0n) is 11.1. The molecule has 0 saturated carbocycles. The molecule has 0 aromatic carbocycles. The van der Waals surface area contributed by atoms with Crippen molar-refractivity contribution in [2.24, 2.45) is 7.05 Å². The van der Waals surface area contributed by atoms with Crippen molar-refractivity contribution in [3.63, 3.8) is 0 Å². The maximum atomic E-state index is 11.8. The quantitative estimate of drug-likeness (QED) is 0.873. The second-order valence-electron chi connectivity index (χ2n) is 4.31. The monoisotopic (exact) mass is 260 g/mol. The van der Waals surface area contributed by atoms with Crippen molar-refractivity contribution in [3.05, 3.63) is 36.2 Å². The molecule has 1 atom stereocenters. The van der Waals surface area contributed by atoms with E-state index in [1.165, 1.54) is 6.33 Å². The molecule has 7 nitrogen and oxygen atoms in total. The predicted octanol–water partition coefficient (Wildman–Crippen LogP) is 1.40. The third-order valence-electron chi connectivity index (χ3n) is 2.61. The van der Waals surface area contributed by atoms with Gasteiger partial charge in [-0.1, -0.05) is 0 Å². The van der Waals surface area contributed by atoms with Crippen molar-refractivity contribution in [2.45, 2.75) is 19.9 Å². The molecule has 0 aliphatic carbocycles. The normalized spacial score (nSPS) is 11.9. The van der Waals surface area contributed by atoms with Crippen molar-refractivity contribution in [3.8, 4) is 0 Å². The molecule has 0 saturated heterocycles. The number of carbonyl (C=O) groups excluding carboxylic acids is 1. The molecule has 100 valence electrons. The Morgan fingerprint density at radius 3 is 2.84 bits per heavy atom. The summed E-state index contributed by atoms with van der Waals surface area (Å²) in [5.74, 6) is 0.692. The standard InChI is InChI=1S/C12H16N6O/c1-8-4-10(6-13-5-8)17-12(19)16-9(2)11-14-7-15-18(11)3/h4-7,9H,1-3H3,(H2,16,17,19)/t9-/m0/s1. The minimum Gasteiger partial charge on any atom is -0.328 e. The smallest absolute Gasteiger partial charge is 0.319 e. The fourth-order valence-electron chi connectivity index (χ4n) is 1.75. The van der Waals surface area contributed by atoms with Crippen LogP contribution in [0.2, 0.25) is 0 Å². The summed E-state index contributed by atoms with van der Waals surface area (Å²) in [7, 11) is 1.78. The maximum absolute atomic E-state index is 11.8. The molecule has 2 heterocycles. The topological polar surface area (TPSA) is 84.7 Å². The van der Waals surface area contributed by atoms with Crippen LogP contribution in [-0.2, 0) is 7.05 Å². The lowest BCUT2D eigenvalue weighted by atomic mass is 10.3. The van der Waals surface area contributed by atoms with Gasteiger partial charge < -0.3 is 10.6 Å². The van der Waals surface area contributed by atoms with Crippen molar-refractivity contribution < 1.29 is 4.79 Å². The summed E-state index contributed by atoms with van der Waals surface area (Å²) >= 11 is 0. The van der Waals surface area contributed by atoms with Gasteiger partial charge >= 0.3 is 6.03 Å². The van der Waals surface area contributed by atoms with Gasteiger partial charge in [0, 0.05) is 13.2 Å². The fraction of sp³-hybridized carbons (Fsp3) is 0.333. The number of carbonyl (C=O) groups is 1. The van der Waals surface area contributed by atoms with Crippen molar-refractivity contribution >= 4 is 11.7 Å². The third-order valence-corrected chi connectivity index (χ3v) is 2.61. The second kappa shape index (κ2) is 5.47. The number of amides is 2. The number of hydrogen-bond acceptors (Lipinski definition) is 4. The van der Waals surface area contributed by atoms with Gasteiger partial charge in [-0.3, -0.25) is 9.67 Å². The van der Waals surface area contributed by atoms with Crippen LogP contribution in [0.25, 0.3) is 0 Å². The van der Waals surface area contributed by atoms with E-state index in [0.717, 1.165) is 5.56 Å².